The Labute approximate surface area is 73.9 Å². The summed E-state index contributed by atoms with van der Waals surface area (Å²) < 4.78 is 1.47. The van der Waals surface area contributed by atoms with Crippen LogP contribution in [0.25, 0.3) is 0 Å². The van der Waals surface area contributed by atoms with Gasteiger partial charge in [-0.25, -0.2) is 9.97 Å². The van der Waals surface area contributed by atoms with Crippen LogP contribution in [0.3, 0.4) is 0 Å². The Bertz CT molecular complexity index is 228. The fourth-order valence-corrected chi connectivity index (χ4v) is 1.02. The molecule has 0 aromatic carbocycles. The van der Waals surface area contributed by atoms with Gasteiger partial charge in [0.05, 0.1) is 4.47 Å². The minimum absolute atomic E-state index is 0.241. The van der Waals surface area contributed by atoms with Gasteiger partial charge in [-0.3, -0.25) is 0 Å². The number of nitrogens with zero attached hydrogens (tertiary/aromatic N) is 2. The number of hydrogen-bond donors (Lipinski definition) is 0. The average Bonchev–Trinajstić information content (AvgIpc) is 1.80. The standard InChI is InChI=1S/C4HBr2ClN2/c5-2-1-8-4(7)9-3(2)6/h1H. The fourth-order valence-electron chi connectivity index (χ4n) is 0.326. The van der Waals surface area contributed by atoms with Gasteiger partial charge in [0.2, 0.25) is 5.28 Å². The maximum absolute atomic E-state index is 5.44. The Balaban J connectivity index is 3.17. The van der Waals surface area contributed by atoms with E-state index in [0.29, 0.717) is 4.60 Å². The van der Waals surface area contributed by atoms with E-state index in [2.05, 4.69) is 41.8 Å². The van der Waals surface area contributed by atoms with Crippen molar-refractivity contribution < 1.29 is 0 Å². The summed E-state index contributed by atoms with van der Waals surface area (Å²) in [7, 11) is 0. The summed E-state index contributed by atoms with van der Waals surface area (Å²) in [6.07, 6.45) is 1.58. The van der Waals surface area contributed by atoms with Crippen LogP contribution in [-0.4, -0.2) is 9.97 Å². The minimum Gasteiger partial charge on any atom is -0.225 e. The van der Waals surface area contributed by atoms with E-state index in [1.54, 1.807) is 6.20 Å². The Hall–Kier alpha value is 0.330. The quantitative estimate of drug-likeness (QED) is 0.536. The van der Waals surface area contributed by atoms with Crippen molar-refractivity contribution in [3.63, 3.8) is 0 Å². The van der Waals surface area contributed by atoms with Gasteiger partial charge in [0.25, 0.3) is 0 Å². The fraction of sp³-hybridized carbons (Fsp3) is 0. The van der Waals surface area contributed by atoms with Crippen molar-refractivity contribution in [1.82, 2.24) is 9.97 Å². The molecule has 9 heavy (non-hydrogen) atoms. The topological polar surface area (TPSA) is 25.8 Å². The van der Waals surface area contributed by atoms with Crippen molar-refractivity contribution in [2.24, 2.45) is 0 Å². The third kappa shape index (κ3) is 1.88. The summed E-state index contributed by atoms with van der Waals surface area (Å²) in [5, 5.41) is 0.241. The van der Waals surface area contributed by atoms with Crippen LogP contribution in [-0.2, 0) is 0 Å². The molecule has 0 radical (unpaired) electrons. The Morgan fingerprint density at radius 1 is 1.44 bits per heavy atom. The van der Waals surface area contributed by atoms with Gasteiger partial charge < -0.3 is 0 Å². The van der Waals surface area contributed by atoms with Gasteiger partial charge in [0, 0.05) is 6.20 Å². The van der Waals surface area contributed by atoms with Gasteiger partial charge in [0.1, 0.15) is 4.60 Å². The summed E-state index contributed by atoms with van der Waals surface area (Å²) in [4.78, 5) is 7.51. The van der Waals surface area contributed by atoms with Gasteiger partial charge >= 0.3 is 0 Å². The Morgan fingerprint density at radius 2 is 2.11 bits per heavy atom. The largest absolute Gasteiger partial charge is 0.225 e. The van der Waals surface area contributed by atoms with Crippen molar-refractivity contribution in [2.45, 2.75) is 0 Å². The lowest BCUT2D eigenvalue weighted by Gasteiger charge is -1.91. The zero-order chi connectivity index (χ0) is 6.85. The molecule has 48 valence electrons. The molecule has 0 unspecified atom stereocenters. The summed E-state index contributed by atoms with van der Waals surface area (Å²) in [6.45, 7) is 0. The Kier molecular flexibility index (Phi) is 2.43. The lowest BCUT2D eigenvalue weighted by Crippen LogP contribution is -1.81. The van der Waals surface area contributed by atoms with Crippen molar-refractivity contribution in [1.29, 1.82) is 0 Å². The maximum atomic E-state index is 5.44. The second-order valence-electron chi connectivity index (χ2n) is 1.28. The molecule has 5 heteroatoms. The van der Waals surface area contributed by atoms with Crippen LogP contribution in [0.15, 0.2) is 15.3 Å². The van der Waals surface area contributed by atoms with E-state index >= 15 is 0 Å². The smallest absolute Gasteiger partial charge is 0.223 e. The monoisotopic (exact) mass is 270 g/mol. The van der Waals surface area contributed by atoms with E-state index in [4.69, 9.17) is 11.6 Å². The van der Waals surface area contributed by atoms with E-state index in [-0.39, 0.29) is 5.28 Å². The third-order valence-electron chi connectivity index (χ3n) is 0.672. The molecule has 0 saturated carbocycles. The SMILES string of the molecule is Clc1ncc(Br)c(Br)n1. The molecule has 0 aliphatic heterocycles. The normalized spacial score (nSPS) is 9.67. The first-order valence-corrected chi connectivity index (χ1v) is 4.00. The zero-order valence-electron chi connectivity index (χ0n) is 4.11. The minimum atomic E-state index is 0.241. The van der Waals surface area contributed by atoms with E-state index in [1.165, 1.54) is 0 Å². The molecular formula is C4HBr2ClN2. The molecule has 0 saturated heterocycles. The van der Waals surface area contributed by atoms with Crippen LogP contribution in [0.5, 0.6) is 0 Å². The van der Waals surface area contributed by atoms with Gasteiger partial charge in [-0.05, 0) is 43.5 Å². The summed E-state index contributed by atoms with van der Waals surface area (Å²) >= 11 is 11.8. The average molecular weight is 272 g/mol. The lowest BCUT2D eigenvalue weighted by atomic mass is 10.7. The molecule has 0 aliphatic carbocycles. The second kappa shape index (κ2) is 2.94. The number of aromatic nitrogens is 2. The summed E-state index contributed by atoms with van der Waals surface area (Å²) in [5.41, 5.74) is 0. The first-order chi connectivity index (χ1) is 4.20. The van der Waals surface area contributed by atoms with Gasteiger partial charge in [-0.1, -0.05) is 0 Å². The molecule has 1 rings (SSSR count). The van der Waals surface area contributed by atoms with Crippen molar-refractivity contribution in [2.75, 3.05) is 0 Å². The van der Waals surface area contributed by atoms with Gasteiger partial charge in [0.15, 0.2) is 0 Å². The van der Waals surface area contributed by atoms with Crippen LogP contribution >= 0.6 is 43.5 Å². The highest BCUT2D eigenvalue weighted by molar-refractivity contribution is 9.13. The summed E-state index contributed by atoms with van der Waals surface area (Å²) in [5.74, 6) is 0. The predicted octanol–water partition coefficient (Wildman–Crippen LogP) is 2.66. The van der Waals surface area contributed by atoms with E-state index in [9.17, 15) is 0 Å². The summed E-state index contributed by atoms with van der Waals surface area (Å²) in [6, 6.07) is 0. The number of hydrogen-bond acceptors (Lipinski definition) is 2. The first-order valence-electron chi connectivity index (χ1n) is 2.03. The van der Waals surface area contributed by atoms with Crippen LogP contribution in [0.4, 0.5) is 0 Å². The molecule has 0 atom stereocenters. The molecule has 1 aromatic rings. The molecule has 0 fully saturated rings. The van der Waals surface area contributed by atoms with Crippen LogP contribution in [0.2, 0.25) is 5.28 Å². The van der Waals surface area contributed by atoms with Crippen LogP contribution in [0.1, 0.15) is 0 Å². The number of halogens is 3. The van der Waals surface area contributed by atoms with E-state index < -0.39 is 0 Å². The molecule has 0 bridgehead atoms. The number of rotatable bonds is 0. The third-order valence-corrected chi connectivity index (χ3v) is 2.57. The lowest BCUT2D eigenvalue weighted by molar-refractivity contribution is 1.12. The van der Waals surface area contributed by atoms with E-state index in [0.717, 1.165) is 4.47 Å². The molecule has 1 heterocycles. The van der Waals surface area contributed by atoms with E-state index in [1.807, 2.05) is 0 Å². The molecule has 0 aliphatic rings. The van der Waals surface area contributed by atoms with Crippen molar-refractivity contribution in [3.05, 3.63) is 20.6 Å². The first kappa shape index (κ1) is 7.44. The zero-order valence-corrected chi connectivity index (χ0v) is 8.03. The van der Waals surface area contributed by atoms with Gasteiger partial charge in [-0.2, -0.15) is 0 Å². The van der Waals surface area contributed by atoms with Crippen LogP contribution in [0, 0.1) is 0 Å². The molecule has 0 amide bonds. The maximum Gasteiger partial charge on any atom is 0.223 e. The molecule has 0 N–H and O–H groups in total. The van der Waals surface area contributed by atoms with Gasteiger partial charge in [-0.15, -0.1) is 0 Å². The molecule has 1 aromatic heterocycles. The second-order valence-corrected chi connectivity index (χ2v) is 3.22. The van der Waals surface area contributed by atoms with Crippen molar-refractivity contribution >= 4 is 43.5 Å². The highest BCUT2D eigenvalue weighted by atomic mass is 79.9. The highest BCUT2D eigenvalue weighted by Gasteiger charge is 1.97. The Morgan fingerprint density at radius 3 is 2.56 bits per heavy atom. The molecule has 0 spiro atoms. The molecule has 2 nitrogen and oxygen atoms in total. The predicted molar refractivity (Wildman–Crippen MR) is 42.4 cm³/mol. The van der Waals surface area contributed by atoms with Crippen LogP contribution < -0.4 is 0 Å². The van der Waals surface area contributed by atoms with Crippen molar-refractivity contribution in [3.8, 4) is 0 Å². The molecular weight excluding hydrogens is 271 g/mol. The highest BCUT2D eigenvalue weighted by Crippen LogP contribution is 2.19.